The minimum absolute atomic E-state index is 0.0989. The average molecular weight is 342 g/mol. The van der Waals surface area contributed by atoms with E-state index in [0.29, 0.717) is 17.9 Å². The van der Waals surface area contributed by atoms with Gasteiger partial charge in [0.1, 0.15) is 11.5 Å². The van der Waals surface area contributed by atoms with Gasteiger partial charge in [-0.1, -0.05) is 11.2 Å². The van der Waals surface area contributed by atoms with Crippen molar-refractivity contribution < 1.29 is 13.7 Å². The van der Waals surface area contributed by atoms with Gasteiger partial charge in [0.05, 0.1) is 11.4 Å². The molecule has 1 aliphatic rings. The number of rotatable bonds is 5. The molecular weight excluding hydrogens is 327 g/mol. The fourth-order valence-corrected chi connectivity index (χ4v) is 3.28. The lowest BCUT2D eigenvalue weighted by Gasteiger charge is -2.21. The second kappa shape index (κ2) is 6.20. The van der Waals surface area contributed by atoms with Crippen molar-refractivity contribution in [3.05, 3.63) is 64.9 Å². The first-order valence-electron chi connectivity index (χ1n) is 7.77. The number of hydrogen-bond acceptors (Lipinski definition) is 4. The molecule has 0 bridgehead atoms. The van der Waals surface area contributed by atoms with Gasteiger partial charge in [-0.15, -0.1) is 11.3 Å². The predicted octanol–water partition coefficient (Wildman–Crippen LogP) is 4.35. The first kappa shape index (κ1) is 15.1. The third-order valence-electron chi connectivity index (χ3n) is 4.00. The van der Waals surface area contributed by atoms with Crippen molar-refractivity contribution in [1.82, 2.24) is 10.1 Å². The van der Waals surface area contributed by atoms with E-state index >= 15 is 0 Å². The number of amides is 1. The molecule has 1 fully saturated rings. The molecule has 0 atom stereocenters. The van der Waals surface area contributed by atoms with Gasteiger partial charge in [-0.25, -0.2) is 4.39 Å². The molecule has 0 N–H and O–H groups in total. The molecule has 0 aliphatic heterocycles. The number of carbonyl (C=O) groups excluding carboxylic acids is 1. The lowest BCUT2D eigenvalue weighted by Crippen LogP contribution is -2.32. The first-order valence-corrected chi connectivity index (χ1v) is 8.65. The number of thiophene rings is 1. The van der Waals surface area contributed by atoms with E-state index in [1.807, 2.05) is 23.6 Å². The summed E-state index contributed by atoms with van der Waals surface area (Å²) in [7, 11) is 0. The zero-order valence-corrected chi connectivity index (χ0v) is 13.6. The van der Waals surface area contributed by atoms with E-state index in [-0.39, 0.29) is 17.8 Å². The van der Waals surface area contributed by atoms with Crippen molar-refractivity contribution in [2.24, 2.45) is 0 Å². The van der Waals surface area contributed by atoms with Gasteiger partial charge >= 0.3 is 0 Å². The molecule has 1 aromatic carbocycles. The molecule has 4 nitrogen and oxygen atoms in total. The normalized spacial score (nSPS) is 13.9. The van der Waals surface area contributed by atoms with Crippen LogP contribution < -0.4 is 0 Å². The Morgan fingerprint density at radius 2 is 2.08 bits per heavy atom. The largest absolute Gasteiger partial charge is 0.355 e. The summed E-state index contributed by atoms with van der Waals surface area (Å²) >= 11 is 1.58. The van der Waals surface area contributed by atoms with Gasteiger partial charge in [-0.2, -0.15) is 0 Å². The lowest BCUT2D eigenvalue weighted by molar-refractivity contribution is 0.0726. The van der Waals surface area contributed by atoms with Crippen LogP contribution in [0.3, 0.4) is 0 Å². The fraction of sp³-hybridized carbons (Fsp3) is 0.222. The maximum Gasteiger partial charge on any atom is 0.254 e. The van der Waals surface area contributed by atoms with Crippen LogP contribution in [0.1, 0.15) is 28.9 Å². The number of nitrogens with zero attached hydrogens (tertiary/aromatic N) is 2. The Hall–Kier alpha value is -2.47. The van der Waals surface area contributed by atoms with Crippen molar-refractivity contribution in [2.45, 2.75) is 25.4 Å². The Morgan fingerprint density at radius 3 is 2.75 bits per heavy atom. The van der Waals surface area contributed by atoms with E-state index in [0.717, 1.165) is 23.4 Å². The third-order valence-corrected chi connectivity index (χ3v) is 4.88. The summed E-state index contributed by atoms with van der Waals surface area (Å²) in [6, 6.07) is 11.7. The van der Waals surface area contributed by atoms with E-state index in [1.165, 1.54) is 24.3 Å². The zero-order valence-electron chi connectivity index (χ0n) is 12.8. The van der Waals surface area contributed by atoms with Crippen LogP contribution in [0.2, 0.25) is 0 Å². The maximum absolute atomic E-state index is 13.1. The third kappa shape index (κ3) is 3.10. The average Bonchev–Trinajstić information content (AvgIpc) is 3.10. The standard InChI is InChI=1S/C18H15FN2O2S/c19-13-5-3-12(4-6-13)18(22)21(15-7-8-15)11-14-10-16(23-20-14)17-2-1-9-24-17/h1-6,9-10,15H,7-8,11H2. The molecule has 1 saturated carbocycles. The van der Waals surface area contributed by atoms with Crippen LogP contribution in [0.5, 0.6) is 0 Å². The smallest absolute Gasteiger partial charge is 0.254 e. The Balaban J connectivity index is 1.54. The van der Waals surface area contributed by atoms with E-state index < -0.39 is 0 Å². The molecule has 2 aromatic heterocycles. The van der Waals surface area contributed by atoms with E-state index in [4.69, 9.17) is 4.52 Å². The molecule has 0 unspecified atom stereocenters. The highest BCUT2D eigenvalue weighted by atomic mass is 32.1. The highest BCUT2D eigenvalue weighted by Crippen LogP contribution is 2.31. The van der Waals surface area contributed by atoms with Crippen molar-refractivity contribution in [3.63, 3.8) is 0 Å². The van der Waals surface area contributed by atoms with Gasteiger partial charge in [-0.3, -0.25) is 4.79 Å². The Kier molecular flexibility index (Phi) is 3.90. The fourth-order valence-electron chi connectivity index (χ4n) is 2.61. The Labute approximate surface area is 142 Å². The minimum Gasteiger partial charge on any atom is -0.355 e. The number of halogens is 1. The van der Waals surface area contributed by atoms with Crippen molar-refractivity contribution in [3.8, 4) is 10.6 Å². The van der Waals surface area contributed by atoms with Crippen LogP contribution in [-0.2, 0) is 6.54 Å². The van der Waals surface area contributed by atoms with Crippen molar-refractivity contribution >= 4 is 17.2 Å². The van der Waals surface area contributed by atoms with Crippen LogP contribution in [0.4, 0.5) is 4.39 Å². The van der Waals surface area contributed by atoms with E-state index in [2.05, 4.69) is 5.16 Å². The van der Waals surface area contributed by atoms with Gasteiger partial charge in [0.25, 0.3) is 5.91 Å². The summed E-state index contributed by atoms with van der Waals surface area (Å²) in [5.74, 6) is 0.268. The summed E-state index contributed by atoms with van der Waals surface area (Å²) in [5, 5.41) is 6.07. The SMILES string of the molecule is O=C(c1ccc(F)cc1)N(Cc1cc(-c2cccs2)on1)C1CC1. The Morgan fingerprint density at radius 1 is 1.29 bits per heavy atom. The molecule has 6 heteroatoms. The van der Waals surface area contributed by atoms with Gasteiger partial charge in [0, 0.05) is 17.7 Å². The quantitative estimate of drug-likeness (QED) is 0.693. The summed E-state index contributed by atoms with van der Waals surface area (Å²) in [5.41, 5.74) is 1.21. The number of hydrogen-bond donors (Lipinski definition) is 0. The van der Waals surface area contributed by atoms with Crippen LogP contribution >= 0.6 is 11.3 Å². The molecule has 2 heterocycles. The van der Waals surface area contributed by atoms with Crippen molar-refractivity contribution in [2.75, 3.05) is 0 Å². The van der Waals surface area contributed by atoms with Crippen molar-refractivity contribution in [1.29, 1.82) is 0 Å². The topological polar surface area (TPSA) is 46.3 Å². The summed E-state index contributed by atoms with van der Waals surface area (Å²) in [4.78, 5) is 15.5. The molecule has 1 amide bonds. The van der Waals surface area contributed by atoms with Gasteiger partial charge in [0.2, 0.25) is 0 Å². The van der Waals surface area contributed by atoms with Gasteiger partial charge in [-0.05, 0) is 48.6 Å². The van der Waals surface area contributed by atoms with Crippen LogP contribution in [0, 0.1) is 5.82 Å². The van der Waals surface area contributed by atoms with Gasteiger partial charge < -0.3 is 9.42 Å². The molecule has 122 valence electrons. The van der Waals surface area contributed by atoms with Gasteiger partial charge in [0.15, 0.2) is 5.76 Å². The first-order chi connectivity index (χ1) is 11.7. The molecule has 4 rings (SSSR count). The summed E-state index contributed by atoms with van der Waals surface area (Å²) in [6.07, 6.45) is 1.98. The molecular formula is C18H15FN2O2S. The molecule has 0 radical (unpaired) electrons. The zero-order chi connectivity index (χ0) is 16.5. The summed E-state index contributed by atoms with van der Waals surface area (Å²) in [6.45, 7) is 0.399. The molecule has 1 aliphatic carbocycles. The predicted molar refractivity (Wildman–Crippen MR) is 89.1 cm³/mol. The Bertz CT molecular complexity index is 838. The van der Waals surface area contributed by atoms with Crippen LogP contribution in [0.15, 0.2) is 52.4 Å². The molecule has 24 heavy (non-hydrogen) atoms. The highest BCUT2D eigenvalue weighted by molar-refractivity contribution is 7.13. The highest BCUT2D eigenvalue weighted by Gasteiger charge is 2.33. The number of aromatic nitrogens is 1. The molecule has 0 saturated heterocycles. The minimum atomic E-state index is -0.346. The second-order valence-electron chi connectivity index (χ2n) is 5.83. The molecule has 3 aromatic rings. The lowest BCUT2D eigenvalue weighted by atomic mass is 10.2. The van der Waals surface area contributed by atoms with E-state index in [9.17, 15) is 9.18 Å². The number of carbonyl (C=O) groups is 1. The monoisotopic (exact) mass is 342 g/mol. The molecule has 0 spiro atoms. The van der Waals surface area contributed by atoms with Crippen LogP contribution in [-0.4, -0.2) is 22.0 Å². The van der Waals surface area contributed by atoms with Crippen LogP contribution in [0.25, 0.3) is 10.6 Å². The maximum atomic E-state index is 13.1. The second-order valence-corrected chi connectivity index (χ2v) is 6.78. The van der Waals surface area contributed by atoms with E-state index in [1.54, 1.807) is 16.2 Å². The summed E-state index contributed by atoms with van der Waals surface area (Å²) < 4.78 is 18.4. The number of benzene rings is 1.